The Labute approximate surface area is 163 Å². The van der Waals surface area contributed by atoms with Gasteiger partial charge in [0.15, 0.2) is 0 Å². The summed E-state index contributed by atoms with van der Waals surface area (Å²) in [5, 5.41) is 5.77. The predicted octanol–water partition coefficient (Wildman–Crippen LogP) is 2.56. The number of aromatic nitrogens is 2. The number of rotatable bonds is 7. The van der Waals surface area contributed by atoms with E-state index in [2.05, 4.69) is 15.6 Å². The Morgan fingerprint density at radius 1 is 1.14 bits per heavy atom. The van der Waals surface area contributed by atoms with Crippen molar-refractivity contribution in [3.63, 3.8) is 0 Å². The van der Waals surface area contributed by atoms with Gasteiger partial charge in [0.25, 0.3) is 0 Å². The van der Waals surface area contributed by atoms with Crippen LogP contribution in [0.3, 0.4) is 0 Å². The van der Waals surface area contributed by atoms with Gasteiger partial charge in [0.2, 0.25) is 11.8 Å². The minimum absolute atomic E-state index is 0.121. The zero-order valence-corrected chi connectivity index (χ0v) is 16.2. The van der Waals surface area contributed by atoms with E-state index in [-0.39, 0.29) is 24.4 Å². The predicted molar refractivity (Wildman–Crippen MR) is 107 cm³/mol. The number of ether oxygens (including phenoxy) is 1. The number of hydrogen-bond donors (Lipinski definition) is 2. The molecule has 0 aliphatic rings. The minimum atomic E-state index is -0.306. The Morgan fingerprint density at radius 3 is 2.54 bits per heavy atom. The molecule has 2 amide bonds. The molecule has 0 bridgehead atoms. The average Bonchev–Trinajstić information content (AvgIpc) is 3.05. The normalized spacial score (nSPS) is 11.8. The molecule has 1 aromatic heterocycles. The highest BCUT2D eigenvalue weighted by molar-refractivity contribution is 5.81. The zero-order valence-electron chi connectivity index (χ0n) is 16.2. The van der Waals surface area contributed by atoms with Gasteiger partial charge in [0.1, 0.15) is 18.1 Å². The van der Waals surface area contributed by atoms with Crippen molar-refractivity contribution in [3.8, 4) is 5.75 Å². The fraction of sp³-hybridized carbons (Fsp3) is 0.286. The third kappa shape index (κ3) is 4.49. The van der Waals surface area contributed by atoms with Gasteiger partial charge in [-0.1, -0.05) is 24.3 Å². The van der Waals surface area contributed by atoms with E-state index in [1.54, 1.807) is 7.11 Å². The number of amides is 2. The maximum atomic E-state index is 12.6. The van der Waals surface area contributed by atoms with E-state index in [9.17, 15) is 9.59 Å². The summed E-state index contributed by atoms with van der Waals surface area (Å²) in [6, 6.07) is 14.9. The van der Waals surface area contributed by atoms with Crippen molar-refractivity contribution in [3.05, 3.63) is 59.9 Å². The summed E-state index contributed by atoms with van der Waals surface area (Å²) in [5.74, 6) is 1.15. The molecule has 1 heterocycles. The maximum Gasteiger partial charge on any atom is 0.240 e. The first-order valence-corrected chi connectivity index (χ1v) is 9.10. The van der Waals surface area contributed by atoms with Crippen LogP contribution in [0.25, 0.3) is 11.0 Å². The first-order valence-electron chi connectivity index (χ1n) is 9.10. The van der Waals surface area contributed by atoms with Crippen molar-refractivity contribution in [2.24, 2.45) is 0 Å². The van der Waals surface area contributed by atoms with Gasteiger partial charge >= 0.3 is 0 Å². The maximum absolute atomic E-state index is 12.6. The largest absolute Gasteiger partial charge is 0.497 e. The molecule has 3 rings (SSSR count). The second-order valence-corrected chi connectivity index (χ2v) is 6.59. The van der Waals surface area contributed by atoms with E-state index in [0.717, 1.165) is 22.3 Å². The van der Waals surface area contributed by atoms with Gasteiger partial charge in [-0.25, -0.2) is 4.98 Å². The summed E-state index contributed by atoms with van der Waals surface area (Å²) in [6.07, 6.45) is 0. The third-order valence-corrected chi connectivity index (χ3v) is 4.44. The summed E-state index contributed by atoms with van der Waals surface area (Å²) in [6.45, 7) is 3.86. The molecular formula is C21H24N4O3. The number of benzene rings is 2. The van der Waals surface area contributed by atoms with Crippen molar-refractivity contribution in [1.82, 2.24) is 20.2 Å². The lowest BCUT2D eigenvalue weighted by atomic mass is 10.2. The fourth-order valence-electron chi connectivity index (χ4n) is 3.10. The zero-order chi connectivity index (χ0) is 20.1. The number of fused-ring (bicyclic) bond motifs is 1. The topological polar surface area (TPSA) is 85.2 Å². The lowest BCUT2D eigenvalue weighted by Gasteiger charge is -2.15. The highest BCUT2D eigenvalue weighted by Gasteiger charge is 2.19. The molecule has 0 saturated carbocycles. The second kappa shape index (κ2) is 8.56. The standard InChI is InChI=1S/C21H24N4O3/c1-14(23-15(2)26)21-24-18-6-4-5-7-19(18)25(21)13-20(27)22-12-16-8-10-17(28-3)11-9-16/h4-11,14H,12-13H2,1-3H3,(H,22,27)(H,23,26). The van der Waals surface area contributed by atoms with Gasteiger partial charge in [-0.05, 0) is 36.8 Å². The third-order valence-electron chi connectivity index (χ3n) is 4.44. The Hall–Kier alpha value is -3.35. The molecule has 1 atom stereocenters. The molecule has 7 heteroatoms. The van der Waals surface area contributed by atoms with Crippen LogP contribution in [-0.4, -0.2) is 28.5 Å². The Kier molecular flexibility index (Phi) is 5.93. The number of carbonyl (C=O) groups is 2. The smallest absolute Gasteiger partial charge is 0.240 e. The van der Waals surface area contributed by atoms with E-state index in [0.29, 0.717) is 12.4 Å². The Balaban J connectivity index is 1.76. The molecule has 2 aromatic carbocycles. The lowest BCUT2D eigenvalue weighted by Crippen LogP contribution is -2.30. The van der Waals surface area contributed by atoms with Gasteiger partial charge in [-0.2, -0.15) is 0 Å². The van der Waals surface area contributed by atoms with Crippen molar-refractivity contribution < 1.29 is 14.3 Å². The second-order valence-electron chi connectivity index (χ2n) is 6.59. The van der Waals surface area contributed by atoms with Gasteiger partial charge in [0.05, 0.1) is 24.2 Å². The van der Waals surface area contributed by atoms with Crippen LogP contribution in [0.15, 0.2) is 48.5 Å². The molecule has 146 valence electrons. The summed E-state index contributed by atoms with van der Waals surface area (Å²) in [4.78, 5) is 28.6. The van der Waals surface area contributed by atoms with Gasteiger partial charge in [-0.15, -0.1) is 0 Å². The van der Waals surface area contributed by atoms with Crippen molar-refractivity contribution >= 4 is 22.8 Å². The molecule has 0 fully saturated rings. The Morgan fingerprint density at radius 2 is 1.86 bits per heavy atom. The number of methoxy groups -OCH3 is 1. The summed E-state index contributed by atoms with van der Waals surface area (Å²) in [5.41, 5.74) is 2.63. The van der Waals surface area contributed by atoms with Crippen LogP contribution in [0, 0.1) is 0 Å². The van der Waals surface area contributed by atoms with Crippen molar-refractivity contribution in [2.75, 3.05) is 7.11 Å². The van der Waals surface area contributed by atoms with Gasteiger partial charge in [0, 0.05) is 13.5 Å². The van der Waals surface area contributed by atoms with Gasteiger partial charge < -0.3 is 19.9 Å². The number of nitrogens with zero attached hydrogens (tertiary/aromatic N) is 2. The molecule has 0 radical (unpaired) electrons. The van der Waals surface area contributed by atoms with Crippen molar-refractivity contribution in [1.29, 1.82) is 0 Å². The van der Waals surface area contributed by atoms with Gasteiger partial charge in [-0.3, -0.25) is 9.59 Å². The molecule has 3 aromatic rings. The summed E-state index contributed by atoms with van der Waals surface area (Å²) in [7, 11) is 1.62. The molecule has 0 aliphatic heterocycles. The molecule has 28 heavy (non-hydrogen) atoms. The van der Waals surface area contributed by atoms with Crippen LogP contribution in [0.5, 0.6) is 5.75 Å². The first-order chi connectivity index (χ1) is 13.5. The van der Waals surface area contributed by atoms with Crippen LogP contribution in [0.4, 0.5) is 0 Å². The molecule has 0 aliphatic carbocycles. The van der Waals surface area contributed by atoms with Crippen molar-refractivity contribution in [2.45, 2.75) is 33.0 Å². The number of imidazole rings is 1. The van der Waals surface area contributed by atoms with E-state index in [4.69, 9.17) is 4.74 Å². The minimum Gasteiger partial charge on any atom is -0.497 e. The van der Waals surface area contributed by atoms with Crippen LogP contribution < -0.4 is 15.4 Å². The van der Waals surface area contributed by atoms with Crippen LogP contribution in [-0.2, 0) is 22.7 Å². The first kappa shape index (κ1) is 19.4. The molecule has 7 nitrogen and oxygen atoms in total. The highest BCUT2D eigenvalue weighted by atomic mass is 16.5. The van der Waals surface area contributed by atoms with E-state index < -0.39 is 0 Å². The molecule has 0 spiro atoms. The van der Waals surface area contributed by atoms with Crippen LogP contribution >= 0.6 is 0 Å². The SMILES string of the molecule is COc1ccc(CNC(=O)Cn2c(C(C)NC(C)=O)nc3ccccc32)cc1. The van der Waals surface area contributed by atoms with Crippen LogP contribution in [0.1, 0.15) is 31.3 Å². The quantitative estimate of drug-likeness (QED) is 0.660. The summed E-state index contributed by atoms with van der Waals surface area (Å²) >= 11 is 0. The molecular weight excluding hydrogens is 356 g/mol. The van der Waals surface area contributed by atoms with E-state index in [1.165, 1.54) is 6.92 Å². The summed E-state index contributed by atoms with van der Waals surface area (Å²) < 4.78 is 6.99. The lowest BCUT2D eigenvalue weighted by molar-refractivity contribution is -0.121. The molecule has 2 N–H and O–H groups in total. The highest BCUT2D eigenvalue weighted by Crippen LogP contribution is 2.21. The monoisotopic (exact) mass is 380 g/mol. The van der Waals surface area contributed by atoms with E-state index in [1.807, 2.05) is 60.0 Å². The number of carbonyl (C=O) groups excluding carboxylic acids is 2. The number of nitrogens with one attached hydrogen (secondary N) is 2. The number of hydrogen-bond acceptors (Lipinski definition) is 4. The average molecular weight is 380 g/mol. The fourth-order valence-corrected chi connectivity index (χ4v) is 3.10. The van der Waals surface area contributed by atoms with Crippen LogP contribution in [0.2, 0.25) is 0 Å². The molecule has 1 unspecified atom stereocenters. The van der Waals surface area contributed by atoms with E-state index >= 15 is 0 Å². The molecule has 0 saturated heterocycles. The Bertz CT molecular complexity index is 979. The number of para-hydroxylation sites is 2.